The van der Waals surface area contributed by atoms with Crippen molar-refractivity contribution in [2.24, 2.45) is 5.73 Å². The molecule has 1 aliphatic rings. The van der Waals surface area contributed by atoms with Crippen LogP contribution in [-0.4, -0.2) is 12.5 Å². The van der Waals surface area contributed by atoms with E-state index in [0.717, 1.165) is 25.1 Å². The maximum atomic E-state index is 10.6. The summed E-state index contributed by atoms with van der Waals surface area (Å²) in [5.41, 5.74) is 8.42. The summed E-state index contributed by atoms with van der Waals surface area (Å²) in [6.45, 7) is 1.84. The van der Waals surface area contributed by atoms with Crippen LogP contribution in [0.3, 0.4) is 0 Å². The zero-order valence-corrected chi connectivity index (χ0v) is 8.34. The number of nitrogens with one attached hydrogen (secondary N) is 1. The highest BCUT2D eigenvalue weighted by molar-refractivity contribution is 5.92. The normalized spacial score (nSPS) is 13.6. The Morgan fingerprint density at radius 2 is 2.33 bits per heavy atom. The summed E-state index contributed by atoms with van der Waals surface area (Å²) in [6.07, 6.45) is 0.957. The van der Waals surface area contributed by atoms with E-state index < -0.39 is 5.91 Å². The molecular weight excluding hydrogens is 188 g/mol. The molecule has 0 fully saturated rings. The highest BCUT2D eigenvalue weighted by atomic mass is 16.1. The molecule has 1 aromatic carbocycles. The Bertz CT molecular complexity index is 454. The van der Waals surface area contributed by atoms with E-state index in [4.69, 9.17) is 5.73 Å². The van der Waals surface area contributed by atoms with E-state index in [1.807, 2.05) is 12.1 Å². The van der Waals surface area contributed by atoms with Crippen LogP contribution in [0.25, 0.3) is 0 Å². The van der Waals surface area contributed by atoms with Crippen LogP contribution < -0.4 is 11.1 Å². The summed E-state index contributed by atoms with van der Waals surface area (Å²) < 4.78 is 0. The van der Waals surface area contributed by atoms with Crippen molar-refractivity contribution < 1.29 is 4.79 Å². The number of hydrogen-bond donors (Lipinski definition) is 2. The molecule has 0 bridgehead atoms. The topological polar surface area (TPSA) is 55.1 Å². The smallest absolute Gasteiger partial charge is 0.293 e. The minimum atomic E-state index is -0.582. The van der Waals surface area contributed by atoms with Gasteiger partial charge in [0.25, 0.3) is 5.91 Å². The van der Waals surface area contributed by atoms with Crippen LogP contribution in [0.1, 0.15) is 16.7 Å². The van der Waals surface area contributed by atoms with Gasteiger partial charge >= 0.3 is 0 Å². The number of fused-ring (bicyclic) bond motifs is 1. The SMILES string of the molecule is NC(=O)C#Cc1cccc2c1CCNC2. The largest absolute Gasteiger partial charge is 0.359 e. The second-order valence-electron chi connectivity index (χ2n) is 3.48. The van der Waals surface area contributed by atoms with Crippen LogP contribution in [0.5, 0.6) is 0 Å². The molecule has 0 saturated carbocycles. The molecule has 76 valence electrons. The molecule has 3 N–H and O–H groups in total. The Hall–Kier alpha value is -1.79. The quantitative estimate of drug-likeness (QED) is 0.586. The second kappa shape index (κ2) is 4.16. The number of primary amides is 1. The molecule has 0 unspecified atom stereocenters. The van der Waals surface area contributed by atoms with E-state index in [9.17, 15) is 4.79 Å². The molecule has 1 aliphatic heterocycles. The third-order valence-electron chi connectivity index (χ3n) is 2.46. The molecule has 0 aromatic heterocycles. The molecule has 3 nitrogen and oxygen atoms in total. The first-order valence-corrected chi connectivity index (χ1v) is 4.90. The average molecular weight is 200 g/mol. The maximum Gasteiger partial charge on any atom is 0.293 e. The maximum absolute atomic E-state index is 10.6. The molecule has 0 aliphatic carbocycles. The molecule has 0 saturated heterocycles. The fourth-order valence-corrected chi connectivity index (χ4v) is 1.78. The van der Waals surface area contributed by atoms with Crippen molar-refractivity contribution >= 4 is 5.91 Å². The Labute approximate surface area is 88.7 Å². The van der Waals surface area contributed by atoms with Gasteiger partial charge in [-0.3, -0.25) is 4.79 Å². The lowest BCUT2D eigenvalue weighted by molar-refractivity contribution is -0.112. The van der Waals surface area contributed by atoms with Crippen LogP contribution in [0.2, 0.25) is 0 Å². The van der Waals surface area contributed by atoms with Gasteiger partial charge in [0.05, 0.1) is 0 Å². The molecule has 2 rings (SSSR count). The van der Waals surface area contributed by atoms with Gasteiger partial charge in [0, 0.05) is 12.1 Å². The summed E-state index contributed by atoms with van der Waals surface area (Å²) in [5.74, 6) is 4.62. The molecule has 1 aromatic rings. The predicted octanol–water partition coefficient (Wildman–Crippen LogP) is 0.169. The van der Waals surface area contributed by atoms with E-state index in [1.165, 1.54) is 11.1 Å². The van der Waals surface area contributed by atoms with Crippen molar-refractivity contribution in [2.75, 3.05) is 6.54 Å². The summed E-state index contributed by atoms with van der Waals surface area (Å²) >= 11 is 0. The molecule has 15 heavy (non-hydrogen) atoms. The fraction of sp³-hybridized carbons (Fsp3) is 0.250. The van der Waals surface area contributed by atoms with Gasteiger partial charge in [0.2, 0.25) is 0 Å². The van der Waals surface area contributed by atoms with Crippen LogP contribution >= 0.6 is 0 Å². The Morgan fingerprint density at radius 1 is 1.47 bits per heavy atom. The highest BCUT2D eigenvalue weighted by Gasteiger charge is 2.10. The van der Waals surface area contributed by atoms with E-state index in [-0.39, 0.29) is 0 Å². The fourth-order valence-electron chi connectivity index (χ4n) is 1.78. The lowest BCUT2D eigenvalue weighted by Gasteiger charge is -2.17. The minimum absolute atomic E-state index is 0.582. The van der Waals surface area contributed by atoms with Crippen LogP contribution in [0.4, 0.5) is 0 Å². The highest BCUT2D eigenvalue weighted by Crippen LogP contribution is 2.17. The number of benzene rings is 1. The van der Waals surface area contributed by atoms with Gasteiger partial charge in [-0.1, -0.05) is 18.1 Å². The number of carbonyl (C=O) groups excluding carboxylic acids is 1. The van der Waals surface area contributed by atoms with Gasteiger partial charge in [-0.15, -0.1) is 0 Å². The number of amides is 1. The van der Waals surface area contributed by atoms with E-state index >= 15 is 0 Å². The monoisotopic (exact) mass is 200 g/mol. The molecule has 1 heterocycles. The first-order valence-electron chi connectivity index (χ1n) is 4.90. The Balaban J connectivity index is 2.40. The molecule has 0 atom stereocenters. The van der Waals surface area contributed by atoms with E-state index in [0.29, 0.717) is 0 Å². The van der Waals surface area contributed by atoms with Gasteiger partial charge in [0.1, 0.15) is 0 Å². The van der Waals surface area contributed by atoms with Crippen molar-refractivity contribution in [3.8, 4) is 11.8 Å². The second-order valence-corrected chi connectivity index (χ2v) is 3.48. The minimum Gasteiger partial charge on any atom is -0.359 e. The number of nitrogens with two attached hydrogens (primary N) is 1. The Kier molecular flexibility index (Phi) is 2.70. The predicted molar refractivity (Wildman–Crippen MR) is 57.9 cm³/mol. The third kappa shape index (κ3) is 2.17. The summed E-state index contributed by atoms with van der Waals surface area (Å²) in [7, 11) is 0. The third-order valence-corrected chi connectivity index (χ3v) is 2.46. The van der Waals surface area contributed by atoms with Crippen molar-refractivity contribution in [1.29, 1.82) is 0 Å². The number of hydrogen-bond acceptors (Lipinski definition) is 2. The lowest BCUT2D eigenvalue weighted by atomic mass is 9.96. The standard InChI is InChI=1S/C12H12N2O/c13-12(15)5-4-9-2-1-3-10-8-14-7-6-11(9)10/h1-3,14H,6-8H2,(H2,13,15). The van der Waals surface area contributed by atoms with E-state index in [1.54, 1.807) is 0 Å². The number of carbonyl (C=O) groups is 1. The van der Waals surface area contributed by atoms with Crippen molar-refractivity contribution in [3.05, 3.63) is 34.9 Å². The van der Waals surface area contributed by atoms with Crippen molar-refractivity contribution in [1.82, 2.24) is 5.32 Å². The summed E-state index contributed by atoms with van der Waals surface area (Å²) in [4.78, 5) is 10.6. The average Bonchev–Trinajstić information content (AvgIpc) is 2.26. The van der Waals surface area contributed by atoms with Crippen LogP contribution in [-0.2, 0) is 17.8 Å². The van der Waals surface area contributed by atoms with Crippen molar-refractivity contribution in [3.63, 3.8) is 0 Å². The van der Waals surface area contributed by atoms with Gasteiger partial charge in [-0.2, -0.15) is 0 Å². The molecular formula is C12H12N2O. The zero-order valence-electron chi connectivity index (χ0n) is 8.34. The lowest BCUT2D eigenvalue weighted by Crippen LogP contribution is -2.24. The summed E-state index contributed by atoms with van der Waals surface area (Å²) in [6, 6.07) is 5.97. The molecule has 0 radical (unpaired) electrons. The van der Waals surface area contributed by atoms with Gasteiger partial charge in [-0.05, 0) is 36.1 Å². The zero-order chi connectivity index (χ0) is 10.7. The molecule has 0 spiro atoms. The van der Waals surface area contributed by atoms with E-state index in [2.05, 4.69) is 23.2 Å². The van der Waals surface area contributed by atoms with Gasteiger partial charge < -0.3 is 11.1 Å². The first-order chi connectivity index (χ1) is 7.27. The molecule has 1 amide bonds. The number of rotatable bonds is 0. The van der Waals surface area contributed by atoms with Crippen LogP contribution in [0.15, 0.2) is 18.2 Å². The van der Waals surface area contributed by atoms with Gasteiger partial charge in [0.15, 0.2) is 0 Å². The van der Waals surface area contributed by atoms with Crippen molar-refractivity contribution in [2.45, 2.75) is 13.0 Å². The Morgan fingerprint density at radius 3 is 3.13 bits per heavy atom. The first kappa shape index (κ1) is 9.75. The molecule has 3 heteroatoms. The van der Waals surface area contributed by atoms with Gasteiger partial charge in [-0.25, -0.2) is 0 Å². The van der Waals surface area contributed by atoms with Crippen LogP contribution in [0, 0.1) is 11.8 Å². The summed E-state index contributed by atoms with van der Waals surface area (Å²) in [5, 5.41) is 3.29.